The number of aliphatic hydroxyl groups excluding tert-OH is 1. The Morgan fingerprint density at radius 2 is 2.18 bits per heavy atom. The lowest BCUT2D eigenvalue weighted by Crippen LogP contribution is -2.12. The molecule has 2 unspecified atom stereocenters. The standard InChI is InChI=1S/C13H20FNO2/c1-4-6-9(3)12(16)10-7-8-15-13(11(10)14)17-5-2/h7-9,12,16H,4-6H2,1-3H3. The zero-order valence-corrected chi connectivity index (χ0v) is 10.6. The quantitative estimate of drug-likeness (QED) is 0.832. The zero-order valence-electron chi connectivity index (χ0n) is 10.6. The highest BCUT2D eigenvalue weighted by atomic mass is 19.1. The molecule has 0 aliphatic carbocycles. The van der Waals surface area contributed by atoms with Gasteiger partial charge in [0, 0.05) is 11.8 Å². The summed E-state index contributed by atoms with van der Waals surface area (Å²) in [7, 11) is 0. The first-order valence-electron chi connectivity index (χ1n) is 6.07. The number of aliphatic hydroxyl groups is 1. The van der Waals surface area contributed by atoms with Crippen LogP contribution in [0.5, 0.6) is 5.88 Å². The van der Waals surface area contributed by atoms with E-state index < -0.39 is 11.9 Å². The predicted molar refractivity (Wildman–Crippen MR) is 64.4 cm³/mol. The van der Waals surface area contributed by atoms with E-state index in [-0.39, 0.29) is 17.4 Å². The highest BCUT2D eigenvalue weighted by molar-refractivity contribution is 5.25. The second-order valence-electron chi connectivity index (χ2n) is 4.16. The van der Waals surface area contributed by atoms with Gasteiger partial charge in [-0.05, 0) is 25.3 Å². The predicted octanol–water partition coefficient (Wildman–Crippen LogP) is 3.09. The first kappa shape index (κ1) is 13.9. The summed E-state index contributed by atoms with van der Waals surface area (Å²) in [5.74, 6) is -0.566. The van der Waals surface area contributed by atoms with Crippen molar-refractivity contribution in [1.29, 1.82) is 0 Å². The Bertz CT molecular complexity index is 357. The van der Waals surface area contributed by atoms with Gasteiger partial charge in [-0.15, -0.1) is 0 Å². The molecular weight excluding hydrogens is 221 g/mol. The van der Waals surface area contributed by atoms with Crippen LogP contribution >= 0.6 is 0 Å². The number of aromatic nitrogens is 1. The van der Waals surface area contributed by atoms with Gasteiger partial charge in [0.05, 0.1) is 12.7 Å². The topological polar surface area (TPSA) is 42.4 Å². The largest absolute Gasteiger partial charge is 0.476 e. The molecule has 4 heteroatoms. The number of pyridine rings is 1. The maximum absolute atomic E-state index is 14.0. The number of halogens is 1. The molecule has 0 aromatic carbocycles. The molecular formula is C13H20FNO2. The number of rotatable bonds is 6. The SMILES string of the molecule is CCCC(C)C(O)c1ccnc(OCC)c1F. The van der Waals surface area contributed by atoms with Gasteiger partial charge >= 0.3 is 0 Å². The van der Waals surface area contributed by atoms with Crippen LogP contribution in [0.25, 0.3) is 0 Å². The van der Waals surface area contributed by atoms with E-state index in [1.165, 1.54) is 12.3 Å². The van der Waals surface area contributed by atoms with Crippen LogP contribution in [0.3, 0.4) is 0 Å². The van der Waals surface area contributed by atoms with Gasteiger partial charge in [-0.2, -0.15) is 0 Å². The third kappa shape index (κ3) is 3.40. The molecule has 0 bridgehead atoms. The van der Waals surface area contributed by atoms with E-state index in [9.17, 15) is 9.50 Å². The third-order valence-electron chi connectivity index (χ3n) is 2.77. The fourth-order valence-corrected chi connectivity index (χ4v) is 1.82. The number of hydrogen-bond acceptors (Lipinski definition) is 3. The minimum absolute atomic E-state index is 0.0198. The highest BCUT2D eigenvalue weighted by Crippen LogP contribution is 2.29. The van der Waals surface area contributed by atoms with Gasteiger partial charge in [-0.25, -0.2) is 9.37 Å². The van der Waals surface area contributed by atoms with Gasteiger partial charge in [0.15, 0.2) is 5.82 Å². The average molecular weight is 241 g/mol. The minimum Gasteiger partial charge on any atom is -0.476 e. The van der Waals surface area contributed by atoms with Crippen LogP contribution in [0.2, 0.25) is 0 Å². The van der Waals surface area contributed by atoms with Gasteiger partial charge in [-0.3, -0.25) is 0 Å². The molecule has 1 aromatic heterocycles. The number of ether oxygens (including phenoxy) is 1. The van der Waals surface area contributed by atoms with Gasteiger partial charge in [0.25, 0.3) is 5.88 Å². The number of nitrogens with zero attached hydrogens (tertiary/aromatic N) is 1. The Morgan fingerprint density at radius 1 is 1.47 bits per heavy atom. The van der Waals surface area contributed by atoms with Crippen molar-refractivity contribution in [3.05, 3.63) is 23.6 Å². The smallest absolute Gasteiger partial charge is 0.250 e. The zero-order chi connectivity index (χ0) is 12.8. The van der Waals surface area contributed by atoms with Gasteiger partial charge < -0.3 is 9.84 Å². The summed E-state index contributed by atoms with van der Waals surface area (Å²) < 4.78 is 19.0. The third-order valence-corrected chi connectivity index (χ3v) is 2.77. The van der Waals surface area contributed by atoms with Crippen molar-refractivity contribution in [3.63, 3.8) is 0 Å². The molecule has 0 radical (unpaired) electrons. The monoisotopic (exact) mass is 241 g/mol. The minimum atomic E-state index is -0.808. The molecule has 0 aliphatic heterocycles. The summed E-state index contributed by atoms with van der Waals surface area (Å²) in [6.45, 7) is 6.07. The Labute approximate surface area is 102 Å². The molecule has 0 saturated carbocycles. The van der Waals surface area contributed by atoms with E-state index in [1.54, 1.807) is 6.92 Å². The van der Waals surface area contributed by atoms with Gasteiger partial charge in [-0.1, -0.05) is 20.3 Å². The molecule has 1 heterocycles. The second-order valence-corrected chi connectivity index (χ2v) is 4.16. The molecule has 0 amide bonds. The molecule has 0 spiro atoms. The van der Waals surface area contributed by atoms with E-state index in [4.69, 9.17) is 4.74 Å². The molecule has 17 heavy (non-hydrogen) atoms. The first-order valence-corrected chi connectivity index (χ1v) is 6.07. The van der Waals surface area contributed by atoms with Crippen molar-refractivity contribution < 1.29 is 14.2 Å². The van der Waals surface area contributed by atoms with Crippen LogP contribution in [0.4, 0.5) is 4.39 Å². The lowest BCUT2D eigenvalue weighted by molar-refractivity contribution is 0.107. The van der Waals surface area contributed by atoms with Crippen LogP contribution in [-0.4, -0.2) is 16.7 Å². The van der Waals surface area contributed by atoms with E-state index in [0.717, 1.165) is 12.8 Å². The van der Waals surface area contributed by atoms with Crippen LogP contribution in [0.15, 0.2) is 12.3 Å². The first-order chi connectivity index (χ1) is 8.11. The lowest BCUT2D eigenvalue weighted by Gasteiger charge is -2.19. The van der Waals surface area contributed by atoms with Crippen molar-refractivity contribution in [2.75, 3.05) is 6.61 Å². The summed E-state index contributed by atoms with van der Waals surface area (Å²) >= 11 is 0. The maximum Gasteiger partial charge on any atom is 0.250 e. The van der Waals surface area contributed by atoms with Crippen molar-refractivity contribution in [1.82, 2.24) is 4.98 Å². The molecule has 0 saturated heterocycles. The molecule has 1 aromatic rings. The van der Waals surface area contributed by atoms with E-state index in [2.05, 4.69) is 4.98 Å². The Morgan fingerprint density at radius 3 is 2.76 bits per heavy atom. The average Bonchev–Trinajstić information content (AvgIpc) is 2.31. The summed E-state index contributed by atoms with van der Waals surface area (Å²) in [4.78, 5) is 3.81. The highest BCUT2D eigenvalue weighted by Gasteiger charge is 2.21. The fourth-order valence-electron chi connectivity index (χ4n) is 1.82. The Kier molecular flexibility index (Phi) is 5.35. The second kappa shape index (κ2) is 6.55. The molecule has 0 aliphatic rings. The molecule has 96 valence electrons. The summed E-state index contributed by atoms with van der Waals surface area (Å²) in [6.07, 6.45) is 2.47. The molecule has 3 nitrogen and oxygen atoms in total. The van der Waals surface area contributed by atoms with E-state index >= 15 is 0 Å². The van der Waals surface area contributed by atoms with Crippen molar-refractivity contribution >= 4 is 0 Å². The van der Waals surface area contributed by atoms with E-state index in [1.807, 2.05) is 13.8 Å². The summed E-state index contributed by atoms with van der Waals surface area (Å²) in [5.41, 5.74) is 0.268. The number of hydrogen-bond donors (Lipinski definition) is 1. The normalized spacial score (nSPS) is 14.4. The van der Waals surface area contributed by atoms with Crippen LogP contribution in [0.1, 0.15) is 45.3 Å². The summed E-state index contributed by atoms with van der Waals surface area (Å²) in [6, 6.07) is 1.51. The van der Waals surface area contributed by atoms with Crippen LogP contribution < -0.4 is 4.74 Å². The molecule has 1 rings (SSSR count). The van der Waals surface area contributed by atoms with Crippen molar-refractivity contribution in [2.45, 2.75) is 39.7 Å². The Balaban J connectivity index is 2.93. The van der Waals surface area contributed by atoms with E-state index in [0.29, 0.717) is 6.61 Å². The van der Waals surface area contributed by atoms with Crippen LogP contribution in [-0.2, 0) is 0 Å². The molecule has 0 fully saturated rings. The maximum atomic E-state index is 14.0. The lowest BCUT2D eigenvalue weighted by atomic mass is 9.94. The molecule has 2 atom stereocenters. The van der Waals surface area contributed by atoms with Crippen molar-refractivity contribution in [3.8, 4) is 5.88 Å². The fraction of sp³-hybridized carbons (Fsp3) is 0.615. The summed E-state index contributed by atoms with van der Waals surface area (Å²) in [5, 5.41) is 10.1. The van der Waals surface area contributed by atoms with Crippen LogP contribution in [0, 0.1) is 11.7 Å². The van der Waals surface area contributed by atoms with Gasteiger partial charge in [0.1, 0.15) is 0 Å². The van der Waals surface area contributed by atoms with Crippen molar-refractivity contribution in [2.24, 2.45) is 5.92 Å². The van der Waals surface area contributed by atoms with Gasteiger partial charge in [0.2, 0.25) is 0 Å². The Hall–Kier alpha value is -1.16. The molecule has 1 N–H and O–H groups in total.